The lowest BCUT2D eigenvalue weighted by molar-refractivity contribution is -0.119. The Bertz CT molecular complexity index is 986. The SMILES string of the molecule is N[C@H]1N=C(c2ccccc2F)c2ccccc2N(Cc2nn[nH]n2)C1=O. The van der Waals surface area contributed by atoms with Crippen LogP contribution in [-0.4, -0.2) is 38.4 Å². The van der Waals surface area contributed by atoms with Crippen LogP contribution in [0.3, 0.4) is 0 Å². The van der Waals surface area contributed by atoms with Gasteiger partial charge in [0.25, 0.3) is 5.91 Å². The van der Waals surface area contributed by atoms with Crippen molar-refractivity contribution in [2.45, 2.75) is 12.7 Å². The molecular weight excluding hydrogens is 337 g/mol. The van der Waals surface area contributed by atoms with Crippen LogP contribution in [0.15, 0.2) is 53.5 Å². The molecule has 1 amide bonds. The number of carbonyl (C=O) groups excluding carboxylic acids is 1. The molecule has 0 unspecified atom stereocenters. The highest BCUT2D eigenvalue weighted by atomic mass is 19.1. The molecule has 0 saturated carbocycles. The first-order valence-corrected chi connectivity index (χ1v) is 7.86. The number of aliphatic imine (C=N–C) groups is 1. The Morgan fingerprint density at radius 1 is 1.12 bits per heavy atom. The number of H-pyrrole nitrogens is 1. The Hall–Kier alpha value is -3.46. The third-order valence-electron chi connectivity index (χ3n) is 4.05. The number of aromatic amines is 1. The fourth-order valence-electron chi connectivity index (χ4n) is 2.87. The summed E-state index contributed by atoms with van der Waals surface area (Å²) < 4.78 is 14.4. The van der Waals surface area contributed by atoms with Gasteiger partial charge < -0.3 is 10.6 Å². The maximum atomic E-state index is 14.4. The highest BCUT2D eigenvalue weighted by Crippen LogP contribution is 2.29. The number of hydrogen-bond acceptors (Lipinski definition) is 6. The molecule has 3 aromatic rings. The second-order valence-electron chi connectivity index (χ2n) is 5.67. The summed E-state index contributed by atoms with van der Waals surface area (Å²) in [5.41, 5.74) is 7.75. The summed E-state index contributed by atoms with van der Waals surface area (Å²) in [6, 6.07) is 13.4. The largest absolute Gasteiger partial charge is 0.302 e. The number of carbonyl (C=O) groups is 1. The molecule has 0 spiro atoms. The molecular formula is C17H14FN7O. The van der Waals surface area contributed by atoms with Gasteiger partial charge in [-0.15, -0.1) is 10.2 Å². The standard InChI is InChI=1S/C17H14FN7O/c18-12-7-3-1-5-10(12)15-11-6-2-4-8-13(11)25(17(26)16(19)20-15)9-14-21-23-24-22-14/h1-8,16H,9,19H2,(H,21,22,23,24)/t16-/m0/s1. The fraction of sp³-hybridized carbons (Fsp3) is 0.118. The van der Waals surface area contributed by atoms with E-state index in [-0.39, 0.29) is 12.1 Å². The van der Waals surface area contributed by atoms with Crippen LogP contribution in [0.1, 0.15) is 17.0 Å². The monoisotopic (exact) mass is 351 g/mol. The molecule has 0 fully saturated rings. The van der Waals surface area contributed by atoms with Crippen LogP contribution < -0.4 is 10.6 Å². The molecule has 8 nitrogen and oxygen atoms in total. The fourth-order valence-corrected chi connectivity index (χ4v) is 2.87. The van der Waals surface area contributed by atoms with Crippen molar-refractivity contribution in [3.63, 3.8) is 0 Å². The van der Waals surface area contributed by atoms with Gasteiger partial charge in [0.05, 0.1) is 17.9 Å². The second kappa shape index (κ2) is 6.45. The first-order valence-electron chi connectivity index (χ1n) is 7.86. The maximum Gasteiger partial charge on any atom is 0.266 e. The molecule has 9 heteroatoms. The Morgan fingerprint density at radius 2 is 1.85 bits per heavy atom. The average Bonchev–Trinajstić information content (AvgIpc) is 3.14. The van der Waals surface area contributed by atoms with Gasteiger partial charge in [0.2, 0.25) is 0 Å². The second-order valence-corrected chi connectivity index (χ2v) is 5.67. The number of fused-ring (bicyclic) bond motifs is 1. The Balaban J connectivity index is 1.88. The summed E-state index contributed by atoms with van der Waals surface area (Å²) >= 11 is 0. The smallest absolute Gasteiger partial charge is 0.266 e. The number of halogens is 1. The summed E-state index contributed by atoms with van der Waals surface area (Å²) in [5, 5.41) is 13.6. The highest BCUT2D eigenvalue weighted by molar-refractivity contribution is 6.20. The van der Waals surface area contributed by atoms with E-state index in [2.05, 4.69) is 25.6 Å². The summed E-state index contributed by atoms with van der Waals surface area (Å²) in [4.78, 5) is 18.6. The third-order valence-corrected chi connectivity index (χ3v) is 4.05. The van der Waals surface area contributed by atoms with Gasteiger partial charge in [-0.3, -0.25) is 9.79 Å². The van der Waals surface area contributed by atoms with E-state index in [1.54, 1.807) is 42.5 Å². The van der Waals surface area contributed by atoms with Crippen LogP contribution in [0, 0.1) is 5.82 Å². The number of benzodiazepines with no additional fused rings is 1. The molecule has 4 rings (SSSR count). The van der Waals surface area contributed by atoms with E-state index in [0.29, 0.717) is 22.8 Å². The Morgan fingerprint density at radius 3 is 2.58 bits per heavy atom. The first kappa shape index (κ1) is 16.0. The van der Waals surface area contributed by atoms with Crippen molar-refractivity contribution in [2.75, 3.05) is 4.90 Å². The average molecular weight is 351 g/mol. The van der Waals surface area contributed by atoms with E-state index in [0.717, 1.165) is 0 Å². The predicted octanol–water partition coefficient (Wildman–Crippen LogP) is 1.01. The van der Waals surface area contributed by atoms with Crippen molar-refractivity contribution in [3.8, 4) is 0 Å². The highest BCUT2D eigenvalue weighted by Gasteiger charge is 2.31. The molecule has 26 heavy (non-hydrogen) atoms. The molecule has 3 N–H and O–H groups in total. The normalized spacial score (nSPS) is 16.8. The lowest BCUT2D eigenvalue weighted by Gasteiger charge is -2.22. The minimum Gasteiger partial charge on any atom is -0.302 e. The molecule has 0 aliphatic carbocycles. The van der Waals surface area contributed by atoms with Crippen LogP contribution in [0.2, 0.25) is 0 Å². The van der Waals surface area contributed by atoms with Crippen molar-refractivity contribution >= 4 is 17.3 Å². The zero-order valence-electron chi connectivity index (χ0n) is 13.5. The van der Waals surface area contributed by atoms with Gasteiger partial charge in [-0.05, 0) is 18.2 Å². The van der Waals surface area contributed by atoms with E-state index in [4.69, 9.17) is 5.73 Å². The summed E-state index contributed by atoms with van der Waals surface area (Å²) in [6.07, 6.45) is -1.18. The maximum absolute atomic E-state index is 14.4. The van der Waals surface area contributed by atoms with Gasteiger partial charge in [-0.25, -0.2) is 4.39 Å². The van der Waals surface area contributed by atoms with Crippen LogP contribution in [-0.2, 0) is 11.3 Å². The predicted molar refractivity (Wildman–Crippen MR) is 91.8 cm³/mol. The molecule has 130 valence electrons. The zero-order chi connectivity index (χ0) is 18.1. The van der Waals surface area contributed by atoms with Gasteiger partial charge >= 0.3 is 0 Å². The number of hydrogen-bond donors (Lipinski definition) is 2. The number of rotatable bonds is 3. The molecule has 1 atom stereocenters. The van der Waals surface area contributed by atoms with E-state index in [1.165, 1.54) is 11.0 Å². The van der Waals surface area contributed by atoms with Crippen molar-refractivity contribution in [3.05, 3.63) is 71.3 Å². The molecule has 2 aromatic carbocycles. The Kier molecular flexibility index (Phi) is 3.98. The number of tetrazole rings is 1. The number of nitrogens with two attached hydrogens (primary N) is 1. The lowest BCUT2D eigenvalue weighted by Crippen LogP contribution is -2.42. The molecule has 1 aromatic heterocycles. The van der Waals surface area contributed by atoms with Gasteiger partial charge in [0.15, 0.2) is 12.0 Å². The van der Waals surface area contributed by atoms with E-state index >= 15 is 0 Å². The number of anilines is 1. The van der Waals surface area contributed by atoms with E-state index in [1.807, 2.05) is 0 Å². The summed E-state index contributed by atoms with van der Waals surface area (Å²) in [6.45, 7) is 0.0696. The lowest BCUT2D eigenvalue weighted by atomic mass is 9.99. The van der Waals surface area contributed by atoms with Gasteiger partial charge in [-0.1, -0.05) is 35.5 Å². The number of aromatic nitrogens is 4. The van der Waals surface area contributed by atoms with Gasteiger partial charge in [0.1, 0.15) is 5.82 Å². The van der Waals surface area contributed by atoms with E-state index in [9.17, 15) is 9.18 Å². The molecule has 1 aliphatic rings. The quantitative estimate of drug-likeness (QED) is 0.731. The van der Waals surface area contributed by atoms with Gasteiger partial charge in [0, 0.05) is 11.1 Å². The zero-order valence-corrected chi connectivity index (χ0v) is 13.5. The van der Waals surface area contributed by atoms with Crippen molar-refractivity contribution in [1.82, 2.24) is 20.6 Å². The minimum atomic E-state index is -1.18. The molecule has 0 radical (unpaired) electrons. The number of benzene rings is 2. The number of nitrogens with zero attached hydrogens (tertiary/aromatic N) is 5. The topological polar surface area (TPSA) is 113 Å². The van der Waals surface area contributed by atoms with Crippen LogP contribution in [0.4, 0.5) is 10.1 Å². The molecule has 0 bridgehead atoms. The summed E-state index contributed by atoms with van der Waals surface area (Å²) in [7, 11) is 0. The van der Waals surface area contributed by atoms with Crippen LogP contribution >= 0.6 is 0 Å². The minimum absolute atomic E-state index is 0.0696. The molecule has 2 heterocycles. The third kappa shape index (κ3) is 2.74. The van der Waals surface area contributed by atoms with Crippen LogP contribution in [0.5, 0.6) is 0 Å². The van der Waals surface area contributed by atoms with Crippen LogP contribution in [0.25, 0.3) is 0 Å². The van der Waals surface area contributed by atoms with Gasteiger partial charge in [-0.2, -0.15) is 5.21 Å². The number of nitrogens with one attached hydrogen (secondary N) is 1. The summed E-state index contributed by atoms with van der Waals surface area (Å²) in [5.74, 6) is -0.546. The van der Waals surface area contributed by atoms with Crippen molar-refractivity contribution in [1.29, 1.82) is 0 Å². The first-order chi connectivity index (χ1) is 12.6. The Labute approximate surface area is 147 Å². The van der Waals surface area contributed by atoms with Crippen molar-refractivity contribution in [2.24, 2.45) is 10.7 Å². The molecule has 1 aliphatic heterocycles. The van der Waals surface area contributed by atoms with Crippen molar-refractivity contribution < 1.29 is 9.18 Å². The number of amides is 1. The molecule has 0 saturated heterocycles. The van der Waals surface area contributed by atoms with E-state index < -0.39 is 17.9 Å². The number of para-hydroxylation sites is 1.